The Bertz CT molecular complexity index is 584. The van der Waals surface area contributed by atoms with Crippen molar-refractivity contribution in [2.45, 2.75) is 12.3 Å². The molecule has 0 bridgehead atoms. The van der Waals surface area contributed by atoms with Gasteiger partial charge < -0.3 is 10.1 Å². The summed E-state index contributed by atoms with van der Waals surface area (Å²) in [5.74, 6) is 1.32. The van der Waals surface area contributed by atoms with Crippen LogP contribution in [0.25, 0.3) is 0 Å². The van der Waals surface area contributed by atoms with Crippen molar-refractivity contribution in [2.24, 2.45) is 0 Å². The standard InChI is InChI=1S/C17H19Br2NO/c1-20-11-14(12-3-5-15(18)6-4-12)9-13-10-16(21-2)7-8-17(13)19/h3-8,10,14,20H,9,11H2,1-2H3. The van der Waals surface area contributed by atoms with Gasteiger partial charge in [0.15, 0.2) is 0 Å². The molecule has 0 spiro atoms. The van der Waals surface area contributed by atoms with E-state index in [-0.39, 0.29) is 0 Å². The van der Waals surface area contributed by atoms with Crippen molar-refractivity contribution in [1.29, 1.82) is 0 Å². The van der Waals surface area contributed by atoms with E-state index in [1.54, 1.807) is 7.11 Å². The van der Waals surface area contributed by atoms with Crippen LogP contribution in [0.2, 0.25) is 0 Å². The number of nitrogens with one attached hydrogen (secondary N) is 1. The van der Waals surface area contributed by atoms with E-state index in [0.717, 1.165) is 27.7 Å². The Labute approximate surface area is 143 Å². The predicted octanol–water partition coefficient (Wildman–Crippen LogP) is 4.77. The van der Waals surface area contributed by atoms with Crippen LogP contribution in [0.1, 0.15) is 17.0 Å². The highest BCUT2D eigenvalue weighted by molar-refractivity contribution is 9.10. The van der Waals surface area contributed by atoms with Crippen LogP contribution in [-0.2, 0) is 6.42 Å². The number of hydrogen-bond donors (Lipinski definition) is 1. The lowest BCUT2D eigenvalue weighted by molar-refractivity contribution is 0.414. The molecule has 2 aromatic rings. The van der Waals surface area contributed by atoms with Gasteiger partial charge in [0, 0.05) is 21.4 Å². The molecular weight excluding hydrogens is 394 g/mol. The minimum absolute atomic E-state index is 0.423. The molecule has 2 aromatic carbocycles. The highest BCUT2D eigenvalue weighted by Crippen LogP contribution is 2.29. The highest BCUT2D eigenvalue weighted by atomic mass is 79.9. The maximum absolute atomic E-state index is 5.33. The van der Waals surface area contributed by atoms with E-state index < -0.39 is 0 Å². The molecule has 4 heteroatoms. The number of benzene rings is 2. The molecule has 0 radical (unpaired) electrons. The molecule has 0 aliphatic heterocycles. The third kappa shape index (κ3) is 4.56. The van der Waals surface area contributed by atoms with Gasteiger partial charge in [-0.3, -0.25) is 0 Å². The average molecular weight is 413 g/mol. The summed E-state index contributed by atoms with van der Waals surface area (Å²) in [6, 6.07) is 14.7. The molecule has 0 aliphatic rings. The van der Waals surface area contributed by atoms with Crippen molar-refractivity contribution in [2.75, 3.05) is 20.7 Å². The second-order valence-corrected chi connectivity index (χ2v) is 6.74. The monoisotopic (exact) mass is 411 g/mol. The van der Waals surface area contributed by atoms with Crippen LogP contribution in [0.4, 0.5) is 0 Å². The molecule has 21 heavy (non-hydrogen) atoms. The molecule has 112 valence electrons. The van der Waals surface area contributed by atoms with E-state index >= 15 is 0 Å². The van der Waals surface area contributed by atoms with Gasteiger partial charge in [0.2, 0.25) is 0 Å². The summed E-state index contributed by atoms with van der Waals surface area (Å²) < 4.78 is 7.56. The molecule has 0 fully saturated rings. The van der Waals surface area contributed by atoms with Gasteiger partial charge in [-0.05, 0) is 54.9 Å². The van der Waals surface area contributed by atoms with Crippen LogP contribution in [0.3, 0.4) is 0 Å². The zero-order valence-electron chi connectivity index (χ0n) is 12.2. The number of halogens is 2. The van der Waals surface area contributed by atoms with Gasteiger partial charge in [-0.15, -0.1) is 0 Å². The Kier molecular flexibility index (Phi) is 6.27. The topological polar surface area (TPSA) is 21.3 Å². The van der Waals surface area contributed by atoms with Crippen molar-refractivity contribution >= 4 is 31.9 Å². The molecule has 0 amide bonds. The number of hydrogen-bond acceptors (Lipinski definition) is 2. The van der Waals surface area contributed by atoms with Crippen molar-refractivity contribution in [3.8, 4) is 5.75 Å². The summed E-state index contributed by atoms with van der Waals surface area (Å²) in [6.45, 7) is 0.936. The van der Waals surface area contributed by atoms with Crippen LogP contribution in [0, 0.1) is 0 Å². The fraction of sp³-hybridized carbons (Fsp3) is 0.294. The Balaban J connectivity index is 2.25. The number of likely N-dealkylation sites (N-methyl/N-ethyl adjacent to an activating group) is 1. The van der Waals surface area contributed by atoms with Crippen molar-refractivity contribution in [3.05, 3.63) is 62.5 Å². The summed E-state index contributed by atoms with van der Waals surface area (Å²) >= 11 is 7.13. The van der Waals surface area contributed by atoms with Gasteiger partial charge in [0.05, 0.1) is 7.11 Å². The molecule has 1 unspecified atom stereocenters. The number of methoxy groups -OCH3 is 1. The van der Waals surface area contributed by atoms with Gasteiger partial charge in [-0.2, -0.15) is 0 Å². The maximum Gasteiger partial charge on any atom is 0.119 e. The largest absolute Gasteiger partial charge is 0.497 e. The van der Waals surface area contributed by atoms with Crippen molar-refractivity contribution < 1.29 is 4.74 Å². The fourth-order valence-electron chi connectivity index (χ4n) is 2.39. The second kappa shape index (κ2) is 7.97. The van der Waals surface area contributed by atoms with Crippen LogP contribution < -0.4 is 10.1 Å². The molecule has 1 N–H and O–H groups in total. The lowest BCUT2D eigenvalue weighted by Crippen LogP contribution is -2.19. The average Bonchev–Trinajstić information content (AvgIpc) is 2.49. The van der Waals surface area contributed by atoms with Crippen molar-refractivity contribution in [1.82, 2.24) is 5.32 Å². The minimum atomic E-state index is 0.423. The molecule has 0 saturated heterocycles. The quantitative estimate of drug-likeness (QED) is 0.737. The maximum atomic E-state index is 5.33. The van der Waals surface area contributed by atoms with E-state index in [0.29, 0.717) is 5.92 Å². The molecule has 0 aromatic heterocycles. The van der Waals surface area contributed by atoms with Crippen LogP contribution in [0.5, 0.6) is 5.75 Å². The van der Waals surface area contributed by atoms with Crippen molar-refractivity contribution in [3.63, 3.8) is 0 Å². The lowest BCUT2D eigenvalue weighted by Gasteiger charge is -2.18. The predicted molar refractivity (Wildman–Crippen MR) is 95.2 cm³/mol. The van der Waals surface area contributed by atoms with Gasteiger partial charge in [-0.25, -0.2) is 0 Å². The molecular formula is C17H19Br2NO. The summed E-state index contributed by atoms with van der Waals surface area (Å²) in [5.41, 5.74) is 2.60. The summed E-state index contributed by atoms with van der Waals surface area (Å²) in [7, 11) is 3.69. The van der Waals surface area contributed by atoms with E-state index in [2.05, 4.69) is 67.5 Å². The molecule has 1 atom stereocenters. The first-order chi connectivity index (χ1) is 10.1. The molecule has 2 rings (SSSR count). The first-order valence-corrected chi connectivity index (χ1v) is 8.45. The summed E-state index contributed by atoms with van der Waals surface area (Å²) in [5, 5.41) is 3.29. The summed E-state index contributed by atoms with van der Waals surface area (Å²) in [4.78, 5) is 0. The van der Waals surface area contributed by atoms with Gasteiger partial charge >= 0.3 is 0 Å². The van der Waals surface area contributed by atoms with E-state index in [4.69, 9.17) is 4.74 Å². The van der Waals surface area contributed by atoms with Gasteiger partial charge in [0.1, 0.15) is 5.75 Å². The summed E-state index contributed by atoms with van der Waals surface area (Å²) in [6.07, 6.45) is 0.959. The Morgan fingerprint density at radius 1 is 1.10 bits per heavy atom. The van der Waals surface area contributed by atoms with Crippen LogP contribution in [-0.4, -0.2) is 20.7 Å². The van der Waals surface area contributed by atoms with Gasteiger partial charge in [-0.1, -0.05) is 44.0 Å². The molecule has 0 saturated carbocycles. The van der Waals surface area contributed by atoms with Crippen LogP contribution >= 0.6 is 31.9 Å². The van der Waals surface area contributed by atoms with E-state index in [9.17, 15) is 0 Å². The Hall–Kier alpha value is -0.840. The smallest absolute Gasteiger partial charge is 0.119 e. The SMILES string of the molecule is CNCC(Cc1cc(OC)ccc1Br)c1ccc(Br)cc1. The zero-order chi connectivity index (χ0) is 15.2. The second-order valence-electron chi connectivity index (χ2n) is 4.97. The fourth-order valence-corrected chi connectivity index (χ4v) is 3.06. The van der Waals surface area contributed by atoms with E-state index in [1.165, 1.54) is 11.1 Å². The van der Waals surface area contributed by atoms with Crippen LogP contribution in [0.15, 0.2) is 51.4 Å². The zero-order valence-corrected chi connectivity index (χ0v) is 15.4. The first-order valence-electron chi connectivity index (χ1n) is 6.86. The Morgan fingerprint density at radius 3 is 2.43 bits per heavy atom. The van der Waals surface area contributed by atoms with Gasteiger partial charge in [0.25, 0.3) is 0 Å². The normalized spacial score (nSPS) is 12.2. The first kappa shape index (κ1) is 16.5. The highest BCUT2D eigenvalue weighted by Gasteiger charge is 2.14. The Morgan fingerprint density at radius 2 is 1.81 bits per heavy atom. The molecule has 0 heterocycles. The van der Waals surface area contributed by atoms with E-state index in [1.807, 2.05) is 19.2 Å². The minimum Gasteiger partial charge on any atom is -0.497 e. The molecule has 0 aliphatic carbocycles. The number of ether oxygens (including phenoxy) is 1. The third-order valence-electron chi connectivity index (χ3n) is 3.51. The number of rotatable bonds is 6. The lowest BCUT2D eigenvalue weighted by atomic mass is 9.92. The third-order valence-corrected chi connectivity index (χ3v) is 4.81. The molecule has 2 nitrogen and oxygen atoms in total.